The van der Waals surface area contributed by atoms with Gasteiger partial charge in [-0.15, -0.1) is 0 Å². The van der Waals surface area contributed by atoms with E-state index in [1.165, 1.54) is 6.07 Å². The SMILES string of the molecule is CCN(CC(C)C)C(=O)c1cc([N+](=O)[O-])cnc1Cl. The molecular weight excluding hydrogens is 270 g/mol. The van der Waals surface area contributed by atoms with Crippen molar-refractivity contribution >= 4 is 23.2 Å². The Balaban J connectivity index is 3.09. The molecule has 0 atom stereocenters. The Hall–Kier alpha value is -1.69. The lowest BCUT2D eigenvalue weighted by Crippen LogP contribution is -2.34. The van der Waals surface area contributed by atoms with Crippen LogP contribution in [0.3, 0.4) is 0 Å². The van der Waals surface area contributed by atoms with Gasteiger partial charge in [-0.3, -0.25) is 14.9 Å². The molecule has 0 radical (unpaired) electrons. The molecule has 1 amide bonds. The van der Waals surface area contributed by atoms with Gasteiger partial charge in [0.2, 0.25) is 0 Å². The molecule has 1 heterocycles. The minimum Gasteiger partial charge on any atom is -0.339 e. The number of amides is 1. The first-order valence-corrected chi connectivity index (χ1v) is 6.33. The molecule has 0 bridgehead atoms. The number of hydrogen-bond donors (Lipinski definition) is 0. The number of nitrogens with zero attached hydrogens (tertiary/aromatic N) is 3. The van der Waals surface area contributed by atoms with Gasteiger partial charge in [-0.2, -0.15) is 0 Å². The van der Waals surface area contributed by atoms with Crippen molar-refractivity contribution in [3.8, 4) is 0 Å². The number of halogens is 1. The van der Waals surface area contributed by atoms with Crippen molar-refractivity contribution < 1.29 is 9.72 Å². The maximum Gasteiger partial charge on any atom is 0.288 e. The first-order chi connectivity index (χ1) is 8.86. The van der Waals surface area contributed by atoms with Crippen LogP contribution in [-0.2, 0) is 0 Å². The monoisotopic (exact) mass is 285 g/mol. The third kappa shape index (κ3) is 3.89. The summed E-state index contributed by atoms with van der Waals surface area (Å²) in [5.74, 6) is -0.0354. The molecule has 0 N–H and O–H groups in total. The Bertz CT molecular complexity index is 491. The van der Waals surface area contributed by atoms with Crippen molar-refractivity contribution in [2.45, 2.75) is 20.8 Å². The van der Waals surface area contributed by atoms with E-state index < -0.39 is 4.92 Å². The number of hydrogen-bond acceptors (Lipinski definition) is 4. The fourth-order valence-corrected chi connectivity index (χ4v) is 1.84. The van der Waals surface area contributed by atoms with Crippen molar-refractivity contribution in [3.05, 3.63) is 33.1 Å². The fraction of sp³-hybridized carbons (Fsp3) is 0.500. The van der Waals surface area contributed by atoms with Gasteiger partial charge in [0.15, 0.2) is 0 Å². The van der Waals surface area contributed by atoms with E-state index in [0.29, 0.717) is 19.0 Å². The minimum absolute atomic E-state index is 0.0159. The third-order valence-corrected chi connectivity index (χ3v) is 2.82. The standard InChI is InChI=1S/C12H16ClN3O3/c1-4-15(7-8(2)3)12(17)10-5-9(16(18)19)6-14-11(10)13/h5-6,8H,4,7H2,1-3H3. The lowest BCUT2D eigenvalue weighted by molar-refractivity contribution is -0.385. The van der Waals surface area contributed by atoms with Crippen molar-refractivity contribution in [3.63, 3.8) is 0 Å². The number of nitro groups is 1. The summed E-state index contributed by atoms with van der Waals surface area (Å²) in [7, 11) is 0. The highest BCUT2D eigenvalue weighted by Crippen LogP contribution is 2.21. The molecule has 0 aliphatic heterocycles. The van der Waals surface area contributed by atoms with Crippen molar-refractivity contribution in [1.29, 1.82) is 0 Å². The van der Waals surface area contributed by atoms with Crippen LogP contribution in [0.15, 0.2) is 12.3 Å². The Morgan fingerprint density at radius 3 is 2.68 bits per heavy atom. The maximum atomic E-state index is 12.3. The molecule has 0 aliphatic rings. The van der Waals surface area contributed by atoms with Crippen molar-refractivity contribution in [1.82, 2.24) is 9.88 Å². The Morgan fingerprint density at radius 1 is 1.58 bits per heavy atom. The second kappa shape index (κ2) is 6.47. The highest BCUT2D eigenvalue weighted by molar-refractivity contribution is 6.32. The Kier molecular flexibility index (Phi) is 5.23. The zero-order chi connectivity index (χ0) is 14.6. The van der Waals surface area contributed by atoms with Crippen molar-refractivity contribution in [2.75, 3.05) is 13.1 Å². The summed E-state index contributed by atoms with van der Waals surface area (Å²) in [5, 5.41) is 10.7. The highest BCUT2D eigenvalue weighted by atomic mass is 35.5. The summed E-state index contributed by atoms with van der Waals surface area (Å²) in [6, 6.07) is 1.17. The number of aromatic nitrogens is 1. The molecule has 7 heteroatoms. The smallest absolute Gasteiger partial charge is 0.288 e. The van der Waals surface area contributed by atoms with E-state index in [1.54, 1.807) is 4.90 Å². The summed E-state index contributed by atoms with van der Waals surface area (Å²) in [6.07, 6.45) is 1.04. The summed E-state index contributed by atoms with van der Waals surface area (Å²) in [6.45, 7) is 6.90. The van der Waals surface area contributed by atoms with Crippen LogP contribution in [0, 0.1) is 16.0 Å². The molecule has 0 spiro atoms. The van der Waals surface area contributed by atoms with Crippen LogP contribution < -0.4 is 0 Å². The molecule has 0 unspecified atom stereocenters. The molecule has 1 rings (SSSR count). The number of carbonyl (C=O) groups is 1. The molecule has 0 aromatic carbocycles. The van der Waals surface area contributed by atoms with Crippen LogP contribution >= 0.6 is 11.6 Å². The summed E-state index contributed by atoms with van der Waals surface area (Å²) in [5.41, 5.74) is -0.174. The molecule has 6 nitrogen and oxygen atoms in total. The van der Waals surface area contributed by atoms with Gasteiger partial charge in [0.25, 0.3) is 11.6 Å². The van der Waals surface area contributed by atoms with E-state index in [2.05, 4.69) is 4.98 Å². The van der Waals surface area contributed by atoms with Gasteiger partial charge in [0.05, 0.1) is 10.5 Å². The van der Waals surface area contributed by atoms with E-state index >= 15 is 0 Å². The van der Waals surface area contributed by atoms with Crippen LogP contribution in [-0.4, -0.2) is 33.8 Å². The van der Waals surface area contributed by atoms with Gasteiger partial charge in [0, 0.05) is 19.2 Å². The molecule has 0 saturated carbocycles. The second-order valence-corrected chi connectivity index (χ2v) is 4.88. The van der Waals surface area contributed by atoms with Crippen LogP contribution in [0.5, 0.6) is 0 Å². The van der Waals surface area contributed by atoms with Crippen LogP contribution in [0.25, 0.3) is 0 Å². The molecular formula is C12H16ClN3O3. The summed E-state index contributed by atoms with van der Waals surface area (Å²) >= 11 is 5.85. The molecule has 1 aromatic rings. The minimum atomic E-state index is -0.598. The molecule has 0 saturated heterocycles. The topological polar surface area (TPSA) is 76.3 Å². The normalized spacial score (nSPS) is 10.6. The largest absolute Gasteiger partial charge is 0.339 e. The lowest BCUT2D eigenvalue weighted by atomic mass is 10.1. The molecule has 0 aliphatic carbocycles. The predicted molar refractivity (Wildman–Crippen MR) is 72.3 cm³/mol. The molecule has 1 aromatic heterocycles. The average Bonchev–Trinajstić information content (AvgIpc) is 2.35. The van der Waals surface area contributed by atoms with Crippen LogP contribution in [0.2, 0.25) is 5.15 Å². The van der Waals surface area contributed by atoms with Crippen molar-refractivity contribution in [2.24, 2.45) is 5.92 Å². The second-order valence-electron chi connectivity index (χ2n) is 4.53. The van der Waals surface area contributed by atoms with Gasteiger partial charge in [-0.25, -0.2) is 4.98 Å². The van der Waals surface area contributed by atoms with Gasteiger partial charge in [-0.05, 0) is 12.8 Å². The van der Waals surface area contributed by atoms with Crippen LogP contribution in [0.4, 0.5) is 5.69 Å². The van der Waals surface area contributed by atoms with Gasteiger partial charge >= 0.3 is 0 Å². The zero-order valence-corrected chi connectivity index (χ0v) is 11.8. The lowest BCUT2D eigenvalue weighted by Gasteiger charge is -2.23. The van der Waals surface area contributed by atoms with Gasteiger partial charge in [-0.1, -0.05) is 25.4 Å². The third-order valence-electron chi connectivity index (χ3n) is 2.52. The van der Waals surface area contributed by atoms with E-state index in [0.717, 1.165) is 6.20 Å². The van der Waals surface area contributed by atoms with E-state index in [1.807, 2.05) is 20.8 Å². The summed E-state index contributed by atoms with van der Waals surface area (Å²) in [4.78, 5) is 27.7. The molecule has 0 fully saturated rings. The first-order valence-electron chi connectivity index (χ1n) is 5.96. The Labute approximate surface area is 116 Å². The number of rotatable bonds is 5. The quantitative estimate of drug-likeness (QED) is 0.473. The molecule has 19 heavy (non-hydrogen) atoms. The Morgan fingerprint density at radius 2 is 2.21 bits per heavy atom. The van der Waals surface area contributed by atoms with E-state index in [-0.39, 0.29) is 22.3 Å². The predicted octanol–water partition coefficient (Wildman–Crippen LogP) is 2.76. The average molecular weight is 286 g/mol. The molecule has 104 valence electrons. The van der Waals surface area contributed by atoms with Crippen LogP contribution in [0.1, 0.15) is 31.1 Å². The maximum absolute atomic E-state index is 12.3. The highest BCUT2D eigenvalue weighted by Gasteiger charge is 2.21. The zero-order valence-electron chi connectivity index (χ0n) is 11.1. The van der Waals surface area contributed by atoms with E-state index in [4.69, 9.17) is 11.6 Å². The van der Waals surface area contributed by atoms with E-state index in [9.17, 15) is 14.9 Å². The van der Waals surface area contributed by atoms with Gasteiger partial charge < -0.3 is 4.90 Å². The number of carbonyl (C=O) groups excluding carboxylic acids is 1. The summed E-state index contributed by atoms with van der Waals surface area (Å²) < 4.78 is 0. The first kappa shape index (κ1) is 15.4. The van der Waals surface area contributed by atoms with Gasteiger partial charge in [0.1, 0.15) is 11.3 Å². The number of pyridine rings is 1. The fourth-order valence-electron chi connectivity index (χ4n) is 1.65.